The van der Waals surface area contributed by atoms with Crippen molar-refractivity contribution in [1.82, 2.24) is 19.9 Å². The highest BCUT2D eigenvalue weighted by molar-refractivity contribution is 5.79. The summed E-state index contributed by atoms with van der Waals surface area (Å²) in [7, 11) is 0. The predicted octanol–water partition coefficient (Wildman–Crippen LogP) is 3.15. The predicted molar refractivity (Wildman–Crippen MR) is 85.7 cm³/mol. The molecule has 4 heteroatoms. The van der Waals surface area contributed by atoms with Gasteiger partial charge >= 0.3 is 0 Å². The summed E-state index contributed by atoms with van der Waals surface area (Å²) < 4.78 is 2.12. The molecule has 1 aromatic carbocycles. The van der Waals surface area contributed by atoms with Gasteiger partial charge in [0, 0.05) is 12.7 Å². The fraction of sp³-hybridized carbons (Fsp3) is 0.294. The van der Waals surface area contributed by atoms with Crippen LogP contribution in [0.25, 0.3) is 16.7 Å². The van der Waals surface area contributed by atoms with E-state index in [0.717, 1.165) is 35.5 Å². The summed E-state index contributed by atoms with van der Waals surface area (Å²) >= 11 is 0. The maximum absolute atomic E-state index is 4.52. The van der Waals surface area contributed by atoms with Gasteiger partial charge in [-0.2, -0.15) is 0 Å². The zero-order chi connectivity index (χ0) is 14.8. The summed E-state index contributed by atoms with van der Waals surface area (Å²) in [5, 5.41) is 3.30. The molecule has 3 aromatic rings. The molecule has 0 amide bonds. The fourth-order valence-electron chi connectivity index (χ4n) is 2.43. The molecule has 0 saturated carbocycles. The molecule has 0 unspecified atom stereocenters. The number of imidazole rings is 1. The lowest BCUT2D eigenvalue weighted by atomic mass is 10.1. The number of hydrogen-bond donors (Lipinski definition) is 1. The monoisotopic (exact) mass is 280 g/mol. The summed E-state index contributed by atoms with van der Waals surface area (Å²) in [5.41, 5.74) is 6.87. The Balaban J connectivity index is 2.06. The normalized spacial score (nSPS) is 11.2. The van der Waals surface area contributed by atoms with Crippen molar-refractivity contribution < 1.29 is 0 Å². The number of fused-ring (bicyclic) bond motifs is 1. The van der Waals surface area contributed by atoms with E-state index in [1.807, 2.05) is 18.6 Å². The fourth-order valence-corrected chi connectivity index (χ4v) is 2.43. The van der Waals surface area contributed by atoms with Crippen LogP contribution < -0.4 is 5.32 Å². The first kappa shape index (κ1) is 13.8. The van der Waals surface area contributed by atoms with E-state index in [0.29, 0.717) is 0 Å². The van der Waals surface area contributed by atoms with Gasteiger partial charge in [0.05, 0.1) is 22.4 Å². The van der Waals surface area contributed by atoms with Crippen molar-refractivity contribution in [1.29, 1.82) is 0 Å². The number of aromatic nitrogens is 3. The molecule has 21 heavy (non-hydrogen) atoms. The van der Waals surface area contributed by atoms with Gasteiger partial charge in [-0.15, -0.1) is 0 Å². The molecule has 0 atom stereocenters. The summed E-state index contributed by atoms with van der Waals surface area (Å²) in [5.74, 6) is 0. The standard InChI is InChI=1S/C17H20N4/c1-4-18-10-14-9-15(5-6-19-14)21-11-20-16-7-12(2)13(3)8-17(16)21/h5-9,11,18H,4,10H2,1-3H3. The second-order valence-electron chi connectivity index (χ2n) is 5.33. The van der Waals surface area contributed by atoms with Gasteiger partial charge in [-0.25, -0.2) is 4.98 Å². The summed E-state index contributed by atoms with van der Waals surface area (Å²) in [6.07, 6.45) is 3.74. The highest BCUT2D eigenvalue weighted by Gasteiger charge is 2.07. The number of rotatable bonds is 4. The maximum Gasteiger partial charge on any atom is 0.100 e. The summed E-state index contributed by atoms with van der Waals surface area (Å²) in [6, 6.07) is 8.47. The van der Waals surface area contributed by atoms with Gasteiger partial charge in [0.1, 0.15) is 6.33 Å². The lowest BCUT2D eigenvalue weighted by Crippen LogP contribution is -2.13. The molecule has 3 rings (SSSR count). The minimum Gasteiger partial charge on any atom is -0.311 e. The van der Waals surface area contributed by atoms with E-state index >= 15 is 0 Å². The molecule has 0 spiro atoms. The van der Waals surface area contributed by atoms with Gasteiger partial charge in [0.2, 0.25) is 0 Å². The number of nitrogens with one attached hydrogen (secondary N) is 1. The van der Waals surface area contributed by atoms with Gasteiger partial charge in [0.15, 0.2) is 0 Å². The van der Waals surface area contributed by atoms with Crippen LogP contribution in [0.2, 0.25) is 0 Å². The number of aryl methyl sites for hydroxylation is 2. The van der Waals surface area contributed by atoms with Crippen molar-refractivity contribution in [2.45, 2.75) is 27.3 Å². The second-order valence-corrected chi connectivity index (χ2v) is 5.33. The Morgan fingerprint density at radius 3 is 2.71 bits per heavy atom. The third-order valence-electron chi connectivity index (χ3n) is 3.80. The van der Waals surface area contributed by atoms with Gasteiger partial charge in [-0.1, -0.05) is 6.92 Å². The summed E-state index contributed by atoms with van der Waals surface area (Å²) in [4.78, 5) is 8.92. The SMILES string of the molecule is CCNCc1cc(-n2cnc3cc(C)c(C)cc32)ccn1. The lowest BCUT2D eigenvalue weighted by Gasteiger charge is -2.08. The van der Waals surface area contributed by atoms with Crippen LogP contribution in [0.1, 0.15) is 23.7 Å². The van der Waals surface area contributed by atoms with Crippen LogP contribution in [0.4, 0.5) is 0 Å². The molecule has 108 valence electrons. The number of benzene rings is 1. The van der Waals surface area contributed by atoms with Gasteiger partial charge in [-0.05, 0) is 55.8 Å². The van der Waals surface area contributed by atoms with E-state index in [2.05, 4.69) is 58.8 Å². The molecule has 0 aliphatic carbocycles. The van der Waals surface area contributed by atoms with Crippen molar-refractivity contribution in [3.8, 4) is 5.69 Å². The lowest BCUT2D eigenvalue weighted by molar-refractivity contribution is 0.710. The zero-order valence-corrected chi connectivity index (χ0v) is 12.7. The molecule has 0 bridgehead atoms. The Morgan fingerprint density at radius 2 is 1.90 bits per heavy atom. The highest BCUT2D eigenvalue weighted by atomic mass is 15.1. The quantitative estimate of drug-likeness (QED) is 0.798. The van der Waals surface area contributed by atoms with E-state index in [1.54, 1.807) is 0 Å². The molecule has 1 N–H and O–H groups in total. The van der Waals surface area contributed by atoms with Crippen LogP contribution >= 0.6 is 0 Å². The van der Waals surface area contributed by atoms with E-state index < -0.39 is 0 Å². The third-order valence-corrected chi connectivity index (χ3v) is 3.80. The van der Waals surface area contributed by atoms with Crippen LogP contribution in [-0.2, 0) is 6.54 Å². The molecule has 0 fully saturated rings. The third kappa shape index (κ3) is 2.67. The average molecular weight is 280 g/mol. The van der Waals surface area contributed by atoms with Crippen LogP contribution in [0.3, 0.4) is 0 Å². The van der Waals surface area contributed by atoms with Crippen LogP contribution in [0.15, 0.2) is 36.8 Å². The maximum atomic E-state index is 4.52. The minimum atomic E-state index is 0.787. The first-order valence-corrected chi connectivity index (χ1v) is 7.29. The molecule has 4 nitrogen and oxygen atoms in total. The van der Waals surface area contributed by atoms with E-state index in [1.165, 1.54) is 11.1 Å². The van der Waals surface area contributed by atoms with Crippen molar-refractivity contribution in [2.24, 2.45) is 0 Å². The average Bonchev–Trinajstić information content (AvgIpc) is 2.89. The number of pyridine rings is 1. The van der Waals surface area contributed by atoms with Crippen molar-refractivity contribution in [3.63, 3.8) is 0 Å². The molecule has 2 aromatic heterocycles. The Bertz CT molecular complexity index is 774. The van der Waals surface area contributed by atoms with Gasteiger partial charge in [-0.3, -0.25) is 9.55 Å². The van der Waals surface area contributed by atoms with Gasteiger partial charge < -0.3 is 5.32 Å². The Labute approximate surface area is 124 Å². The van der Waals surface area contributed by atoms with Crippen LogP contribution in [0, 0.1) is 13.8 Å². The Hall–Kier alpha value is -2.20. The van der Waals surface area contributed by atoms with Crippen molar-refractivity contribution in [2.75, 3.05) is 6.54 Å². The Kier molecular flexibility index (Phi) is 3.71. The first-order valence-electron chi connectivity index (χ1n) is 7.29. The van der Waals surface area contributed by atoms with Crippen molar-refractivity contribution in [3.05, 3.63) is 53.6 Å². The largest absolute Gasteiger partial charge is 0.311 e. The first-order chi connectivity index (χ1) is 10.2. The van der Waals surface area contributed by atoms with Crippen molar-refractivity contribution >= 4 is 11.0 Å². The molecule has 2 heterocycles. The number of nitrogens with zero attached hydrogens (tertiary/aromatic N) is 3. The van der Waals surface area contributed by atoms with Gasteiger partial charge in [0.25, 0.3) is 0 Å². The van der Waals surface area contributed by atoms with Crippen LogP contribution in [0.5, 0.6) is 0 Å². The molecule has 0 aliphatic rings. The molecule has 0 aliphatic heterocycles. The zero-order valence-electron chi connectivity index (χ0n) is 12.7. The molecular weight excluding hydrogens is 260 g/mol. The number of hydrogen-bond acceptors (Lipinski definition) is 3. The van der Waals surface area contributed by atoms with Crippen LogP contribution in [-0.4, -0.2) is 21.1 Å². The van der Waals surface area contributed by atoms with E-state index in [4.69, 9.17) is 0 Å². The molecular formula is C17H20N4. The summed E-state index contributed by atoms with van der Waals surface area (Å²) in [6.45, 7) is 8.08. The second kappa shape index (κ2) is 5.66. The smallest absolute Gasteiger partial charge is 0.100 e. The highest BCUT2D eigenvalue weighted by Crippen LogP contribution is 2.21. The van der Waals surface area contributed by atoms with E-state index in [-0.39, 0.29) is 0 Å². The topological polar surface area (TPSA) is 42.7 Å². The Morgan fingerprint density at radius 1 is 1.10 bits per heavy atom. The molecule has 0 radical (unpaired) electrons. The minimum absolute atomic E-state index is 0.787. The molecule has 0 saturated heterocycles. The van der Waals surface area contributed by atoms with E-state index in [9.17, 15) is 0 Å².